The molecule has 0 saturated heterocycles. The average Bonchev–Trinajstić information content (AvgIpc) is 2.16. The largest absolute Gasteiger partial charge is 0.103 e. The van der Waals surface area contributed by atoms with Gasteiger partial charge in [0, 0.05) is 0 Å². The molecule has 0 N–H and O–H groups in total. The minimum absolute atomic E-state index is 0.851. The monoisotopic (exact) mass is 180 g/mol. The van der Waals surface area contributed by atoms with Gasteiger partial charge in [0.2, 0.25) is 0 Å². The number of rotatable bonds is 8. The molecule has 0 fully saturated rings. The fourth-order valence-corrected chi connectivity index (χ4v) is 1.16. The summed E-state index contributed by atoms with van der Waals surface area (Å²) in [7, 11) is 0. The first kappa shape index (κ1) is 12.5. The van der Waals surface area contributed by atoms with Crippen LogP contribution < -0.4 is 0 Å². The Morgan fingerprint density at radius 2 is 1.85 bits per heavy atom. The Morgan fingerprint density at radius 1 is 1.15 bits per heavy atom. The van der Waals surface area contributed by atoms with Crippen LogP contribution in [0.2, 0.25) is 0 Å². The smallest absolute Gasteiger partial charge is 0.0325 e. The third-order valence-corrected chi connectivity index (χ3v) is 2.43. The third-order valence-electron chi connectivity index (χ3n) is 2.43. The second-order valence-electron chi connectivity index (χ2n) is 3.79. The van der Waals surface area contributed by atoms with Crippen molar-refractivity contribution in [1.82, 2.24) is 0 Å². The summed E-state index contributed by atoms with van der Waals surface area (Å²) in [5.74, 6) is 0.851. The van der Waals surface area contributed by atoms with Gasteiger partial charge in [0.25, 0.3) is 0 Å². The Labute approximate surface area is 83.7 Å². The lowest BCUT2D eigenvalue weighted by molar-refractivity contribution is 0.571. The van der Waals surface area contributed by atoms with Gasteiger partial charge in [-0.25, -0.2) is 0 Å². The van der Waals surface area contributed by atoms with Crippen LogP contribution in [0.3, 0.4) is 0 Å². The van der Waals surface area contributed by atoms with Crippen LogP contribution in [0.5, 0.6) is 0 Å². The van der Waals surface area contributed by atoms with Crippen LogP contribution >= 0.6 is 0 Å². The zero-order valence-corrected chi connectivity index (χ0v) is 9.26. The zero-order valence-electron chi connectivity index (χ0n) is 9.26. The molecule has 0 aromatic carbocycles. The highest BCUT2D eigenvalue weighted by Crippen LogP contribution is 2.08. The third kappa shape index (κ3) is 9.39. The van der Waals surface area contributed by atoms with Crippen LogP contribution in [0.1, 0.15) is 52.4 Å². The van der Waals surface area contributed by atoms with E-state index in [9.17, 15) is 0 Å². The van der Waals surface area contributed by atoms with Crippen molar-refractivity contribution < 1.29 is 0 Å². The zero-order chi connectivity index (χ0) is 9.94. The molecule has 0 aliphatic rings. The van der Waals surface area contributed by atoms with E-state index in [-0.39, 0.29) is 0 Å². The lowest BCUT2D eigenvalue weighted by Gasteiger charge is -2.02. The van der Waals surface area contributed by atoms with E-state index in [0.717, 1.165) is 5.92 Å². The SMILES string of the molecule is C=CCCCCC=CCC(C)CC. The molecule has 0 saturated carbocycles. The van der Waals surface area contributed by atoms with Gasteiger partial charge in [-0.05, 0) is 38.0 Å². The van der Waals surface area contributed by atoms with Gasteiger partial charge in [-0.2, -0.15) is 0 Å². The molecule has 0 heteroatoms. The quantitative estimate of drug-likeness (QED) is 0.374. The van der Waals surface area contributed by atoms with Gasteiger partial charge in [0.1, 0.15) is 0 Å². The summed E-state index contributed by atoms with van der Waals surface area (Å²) in [6.07, 6.45) is 14.2. The predicted octanol–water partition coefficient (Wildman–Crippen LogP) is 4.73. The van der Waals surface area contributed by atoms with Crippen molar-refractivity contribution in [3.05, 3.63) is 24.8 Å². The maximum Gasteiger partial charge on any atom is -0.0325 e. The van der Waals surface area contributed by atoms with Crippen molar-refractivity contribution in [2.45, 2.75) is 52.4 Å². The normalized spacial score (nSPS) is 13.4. The first-order valence-electron chi connectivity index (χ1n) is 5.57. The minimum Gasteiger partial charge on any atom is -0.103 e. The van der Waals surface area contributed by atoms with Crippen molar-refractivity contribution in [1.29, 1.82) is 0 Å². The van der Waals surface area contributed by atoms with Crippen LogP contribution in [0, 0.1) is 5.92 Å². The van der Waals surface area contributed by atoms with Crippen molar-refractivity contribution in [3.63, 3.8) is 0 Å². The van der Waals surface area contributed by atoms with E-state index in [1.807, 2.05) is 6.08 Å². The standard InChI is InChI=1S/C13H24/c1-4-6-7-8-9-10-11-12-13(3)5-2/h4,10-11,13H,1,5-9,12H2,2-3H3. The molecule has 0 radical (unpaired) electrons. The molecule has 0 aromatic rings. The molecule has 0 amide bonds. The highest BCUT2D eigenvalue weighted by molar-refractivity contribution is 4.83. The fourth-order valence-electron chi connectivity index (χ4n) is 1.16. The van der Waals surface area contributed by atoms with E-state index >= 15 is 0 Å². The van der Waals surface area contributed by atoms with Crippen LogP contribution in [-0.2, 0) is 0 Å². The van der Waals surface area contributed by atoms with Gasteiger partial charge in [0.05, 0.1) is 0 Å². The van der Waals surface area contributed by atoms with Gasteiger partial charge in [0.15, 0.2) is 0 Å². The van der Waals surface area contributed by atoms with Gasteiger partial charge in [-0.15, -0.1) is 6.58 Å². The molecule has 0 aliphatic carbocycles. The van der Waals surface area contributed by atoms with Crippen molar-refractivity contribution >= 4 is 0 Å². The van der Waals surface area contributed by atoms with Crippen LogP contribution in [0.25, 0.3) is 0 Å². The van der Waals surface area contributed by atoms with Crippen molar-refractivity contribution in [2.24, 2.45) is 5.92 Å². The lowest BCUT2D eigenvalue weighted by atomic mass is 10.0. The van der Waals surface area contributed by atoms with E-state index in [1.165, 1.54) is 38.5 Å². The lowest BCUT2D eigenvalue weighted by Crippen LogP contribution is -1.87. The van der Waals surface area contributed by atoms with E-state index < -0.39 is 0 Å². The summed E-state index contributed by atoms with van der Waals surface area (Å²) in [6.45, 7) is 8.27. The van der Waals surface area contributed by atoms with Crippen LogP contribution in [0.15, 0.2) is 24.8 Å². The Balaban J connectivity index is 3.16. The highest BCUT2D eigenvalue weighted by Gasteiger charge is 1.92. The molecule has 13 heavy (non-hydrogen) atoms. The van der Waals surface area contributed by atoms with Crippen LogP contribution in [0.4, 0.5) is 0 Å². The topological polar surface area (TPSA) is 0 Å². The molecule has 0 rings (SSSR count). The number of hydrogen-bond acceptors (Lipinski definition) is 0. The second-order valence-corrected chi connectivity index (χ2v) is 3.79. The highest BCUT2D eigenvalue weighted by atomic mass is 14.0. The first-order chi connectivity index (χ1) is 6.31. The van der Waals surface area contributed by atoms with E-state index in [2.05, 4.69) is 32.6 Å². The van der Waals surface area contributed by atoms with Gasteiger partial charge >= 0.3 is 0 Å². The Hall–Kier alpha value is -0.520. The van der Waals surface area contributed by atoms with Gasteiger partial charge in [-0.1, -0.05) is 38.5 Å². The summed E-state index contributed by atoms with van der Waals surface area (Å²) in [4.78, 5) is 0. The summed E-state index contributed by atoms with van der Waals surface area (Å²) < 4.78 is 0. The molecule has 0 bridgehead atoms. The molecule has 0 heterocycles. The molecule has 1 atom stereocenters. The van der Waals surface area contributed by atoms with E-state index in [0.29, 0.717) is 0 Å². The van der Waals surface area contributed by atoms with E-state index in [4.69, 9.17) is 0 Å². The summed E-state index contributed by atoms with van der Waals surface area (Å²) in [5, 5.41) is 0. The Morgan fingerprint density at radius 3 is 2.46 bits per heavy atom. The fraction of sp³-hybridized carbons (Fsp3) is 0.692. The first-order valence-corrected chi connectivity index (χ1v) is 5.57. The van der Waals surface area contributed by atoms with Crippen LogP contribution in [-0.4, -0.2) is 0 Å². The van der Waals surface area contributed by atoms with Gasteiger partial charge < -0.3 is 0 Å². The molecule has 76 valence electrons. The molecule has 0 aromatic heterocycles. The van der Waals surface area contributed by atoms with Crippen molar-refractivity contribution in [2.75, 3.05) is 0 Å². The Bertz CT molecular complexity index is 133. The maximum atomic E-state index is 3.71. The molecular formula is C13H24. The number of unbranched alkanes of at least 4 members (excludes halogenated alkanes) is 3. The summed E-state index contributed by atoms with van der Waals surface area (Å²) >= 11 is 0. The molecule has 0 aliphatic heterocycles. The maximum absolute atomic E-state index is 3.71. The van der Waals surface area contributed by atoms with Crippen molar-refractivity contribution in [3.8, 4) is 0 Å². The summed E-state index contributed by atoms with van der Waals surface area (Å²) in [6, 6.07) is 0. The molecule has 0 nitrogen and oxygen atoms in total. The Kier molecular flexibility index (Phi) is 9.18. The molecule has 1 unspecified atom stereocenters. The predicted molar refractivity (Wildman–Crippen MR) is 61.9 cm³/mol. The number of allylic oxidation sites excluding steroid dienone is 3. The van der Waals surface area contributed by atoms with E-state index in [1.54, 1.807) is 0 Å². The average molecular weight is 180 g/mol. The molecule has 0 spiro atoms. The summed E-state index contributed by atoms with van der Waals surface area (Å²) in [5.41, 5.74) is 0. The number of hydrogen-bond donors (Lipinski definition) is 0. The van der Waals surface area contributed by atoms with Gasteiger partial charge in [-0.3, -0.25) is 0 Å². The minimum atomic E-state index is 0.851. The molecular weight excluding hydrogens is 156 g/mol. The second kappa shape index (κ2) is 9.57.